The van der Waals surface area contributed by atoms with Crippen LogP contribution in [0.1, 0.15) is 10.4 Å². The van der Waals surface area contributed by atoms with Crippen molar-refractivity contribution in [3.8, 4) is 0 Å². The van der Waals surface area contributed by atoms with Crippen LogP contribution in [-0.4, -0.2) is 43.0 Å². The topological polar surface area (TPSA) is 73.5 Å². The first kappa shape index (κ1) is 16.0. The lowest BCUT2D eigenvalue weighted by Crippen LogP contribution is -2.46. The van der Waals surface area contributed by atoms with Gasteiger partial charge in [0.25, 0.3) is 5.91 Å². The summed E-state index contributed by atoms with van der Waals surface area (Å²) in [6.07, 6.45) is 0. The molecule has 124 valence electrons. The number of nitrogens with one attached hydrogen (secondary N) is 3. The fraction of sp³-hybridized carbons (Fsp3) is 0.222. The molecule has 1 aliphatic rings. The second-order valence-corrected chi connectivity index (χ2v) is 5.56. The number of hydrogen-bond acceptors (Lipinski definition) is 3. The Labute approximate surface area is 140 Å². The van der Waals surface area contributed by atoms with E-state index in [0.29, 0.717) is 11.3 Å². The Morgan fingerprint density at radius 2 is 1.42 bits per heavy atom. The molecule has 0 bridgehead atoms. The maximum atomic E-state index is 12.4. The van der Waals surface area contributed by atoms with Gasteiger partial charge in [-0.2, -0.15) is 0 Å². The summed E-state index contributed by atoms with van der Waals surface area (Å²) < 4.78 is 0. The molecule has 0 unspecified atom stereocenters. The summed E-state index contributed by atoms with van der Waals surface area (Å²) in [4.78, 5) is 26.2. The van der Waals surface area contributed by atoms with Crippen LogP contribution in [0.25, 0.3) is 0 Å². The summed E-state index contributed by atoms with van der Waals surface area (Å²) in [5, 5.41) is 8.72. The molecule has 1 heterocycles. The molecule has 1 aliphatic heterocycles. The molecular weight excluding hydrogens is 304 g/mol. The highest BCUT2D eigenvalue weighted by Gasteiger charge is 2.17. The predicted molar refractivity (Wildman–Crippen MR) is 94.3 cm³/mol. The number of piperazine rings is 1. The average Bonchev–Trinajstić information content (AvgIpc) is 2.63. The molecule has 3 N–H and O–H groups in total. The molecule has 0 aliphatic carbocycles. The lowest BCUT2D eigenvalue weighted by molar-refractivity contribution is 0.0736. The minimum atomic E-state index is -0.317. The van der Waals surface area contributed by atoms with Gasteiger partial charge in [-0.1, -0.05) is 18.2 Å². The summed E-state index contributed by atoms with van der Waals surface area (Å²) in [5.74, 6) is 0.0248. The van der Waals surface area contributed by atoms with E-state index in [9.17, 15) is 9.59 Å². The van der Waals surface area contributed by atoms with Crippen LogP contribution in [0.4, 0.5) is 16.2 Å². The van der Waals surface area contributed by atoms with Gasteiger partial charge in [-0.3, -0.25) is 4.79 Å². The van der Waals surface area contributed by atoms with Crippen molar-refractivity contribution in [3.05, 3.63) is 60.2 Å². The Bertz CT molecular complexity index is 695. The molecule has 2 aromatic rings. The van der Waals surface area contributed by atoms with Gasteiger partial charge in [0, 0.05) is 43.1 Å². The summed E-state index contributed by atoms with van der Waals surface area (Å²) >= 11 is 0. The van der Waals surface area contributed by atoms with E-state index in [4.69, 9.17) is 0 Å². The smallest absolute Gasteiger partial charge is 0.323 e. The van der Waals surface area contributed by atoms with Crippen LogP contribution >= 0.6 is 0 Å². The maximum absolute atomic E-state index is 12.4. The predicted octanol–water partition coefficient (Wildman–Crippen LogP) is 2.38. The van der Waals surface area contributed by atoms with Gasteiger partial charge in [0.15, 0.2) is 0 Å². The van der Waals surface area contributed by atoms with E-state index in [1.807, 2.05) is 35.2 Å². The van der Waals surface area contributed by atoms with Gasteiger partial charge in [0.2, 0.25) is 0 Å². The van der Waals surface area contributed by atoms with Gasteiger partial charge in [0.1, 0.15) is 0 Å². The number of carbonyl (C=O) groups excluding carboxylic acids is 2. The van der Waals surface area contributed by atoms with Gasteiger partial charge in [0.05, 0.1) is 0 Å². The molecule has 3 amide bonds. The zero-order valence-corrected chi connectivity index (χ0v) is 13.3. The Morgan fingerprint density at radius 1 is 0.833 bits per heavy atom. The Kier molecular flexibility index (Phi) is 5.08. The van der Waals surface area contributed by atoms with E-state index in [0.717, 1.165) is 31.9 Å². The normalized spacial score (nSPS) is 14.1. The van der Waals surface area contributed by atoms with Crippen molar-refractivity contribution in [1.82, 2.24) is 10.2 Å². The second kappa shape index (κ2) is 7.61. The Balaban J connectivity index is 1.58. The number of carbonyl (C=O) groups is 2. The van der Waals surface area contributed by atoms with Crippen molar-refractivity contribution < 1.29 is 9.59 Å². The van der Waals surface area contributed by atoms with Crippen LogP contribution in [0.3, 0.4) is 0 Å². The minimum absolute atomic E-state index is 0.0248. The number of amides is 3. The summed E-state index contributed by atoms with van der Waals surface area (Å²) in [6, 6.07) is 15.9. The summed E-state index contributed by atoms with van der Waals surface area (Å²) in [7, 11) is 0. The second-order valence-electron chi connectivity index (χ2n) is 5.56. The van der Waals surface area contributed by atoms with Crippen LogP contribution in [0.15, 0.2) is 54.6 Å². The third-order valence-electron chi connectivity index (χ3n) is 3.83. The molecule has 1 fully saturated rings. The SMILES string of the molecule is O=C(Nc1ccccc1)Nc1ccc(C(=O)N2CCNCC2)cc1. The lowest BCUT2D eigenvalue weighted by atomic mass is 10.1. The quantitative estimate of drug-likeness (QED) is 0.811. The van der Waals surface area contributed by atoms with Crippen molar-refractivity contribution in [2.24, 2.45) is 0 Å². The van der Waals surface area contributed by atoms with Gasteiger partial charge in [-0.25, -0.2) is 4.79 Å². The van der Waals surface area contributed by atoms with Gasteiger partial charge in [-0.05, 0) is 36.4 Å². The third-order valence-corrected chi connectivity index (χ3v) is 3.83. The van der Waals surface area contributed by atoms with Crippen molar-refractivity contribution >= 4 is 23.3 Å². The highest BCUT2D eigenvalue weighted by atomic mass is 16.2. The van der Waals surface area contributed by atoms with E-state index in [-0.39, 0.29) is 11.9 Å². The zero-order chi connectivity index (χ0) is 16.8. The molecule has 24 heavy (non-hydrogen) atoms. The molecule has 0 spiro atoms. The largest absolute Gasteiger partial charge is 0.336 e. The van der Waals surface area contributed by atoms with Crippen LogP contribution in [0, 0.1) is 0 Å². The molecule has 0 saturated carbocycles. The summed E-state index contributed by atoms with van der Waals surface area (Å²) in [5.41, 5.74) is 1.99. The highest BCUT2D eigenvalue weighted by Crippen LogP contribution is 2.13. The maximum Gasteiger partial charge on any atom is 0.323 e. The van der Waals surface area contributed by atoms with Crippen LogP contribution in [0.5, 0.6) is 0 Å². The van der Waals surface area contributed by atoms with Gasteiger partial charge < -0.3 is 20.9 Å². The number of benzene rings is 2. The molecule has 3 rings (SSSR count). The minimum Gasteiger partial charge on any atom is -0.336 e. The van der Waals surface area contributed by atoms with E-state index < -0.39 is 0 Å². The first-order valence-electron chi connectivity index (χ1n) is 7.95. The Morgan fingerprint density at radius 3 is 2.04 bits per heavy atom. The number of rotatable bonds is 3. The van der Waals surface area contributed by atoms with E-state index in [1.54, 1.807) is 24.3 Å². The van der Waals surface area contributed by atoms with Crippen molar-refractivity contribution in [1.29, 1.82) is 0 Å². The fourth-order valence-corrected chi connectivity index (χ4v) is 2.56. The van der Waals surface area contributed by atoms with Gasteiger partial charge >= 0.3 is 6.03 Å². The van der Waals surface area contributed by atoms with Gasteiger partial charge in [-0.15, -0.1) is 0 Å². The lowest BCUT2D eigenvalue weighted by Gasteiger charge is -2.27. The number of nitrogens with zero attached hydrogens (tertiary/aromatic N) is 1. The number of hydrogen-bond donors (Lipinski definition) is 3. The Hall–Kier alpha value is -2.86. The number of anilines is 2. The molecule has 0 radical (unpaired) electrons. The van der Waals surface area contributed by atoms with E-state index >= 15 is 0 Å². The van der Waals surface area contributed by atoms with Crippen molar-refractivity contribution in [2.75, 3.05) is 36.8 Å². The fourth-order valence-electron chi connectivity index (χ4n) is 2.56. The molecule has 0 aromatic heterocycles. The van der Waals surface area contributed by atoms with E-state index in [2.05, 4.69) is 16.0 Å². The average molecular weight is 324 g/mol. The number of urea groups is 1. The first-order valence-corrected chi connectivity index (χ1v) is 7.95. The van der Waals surface area contributed by atoms with Crippen LogP contribution < -0.4 is 16.0 Å². The first-order chi connectivity index (χ1) is 11.7. The number of para-hydroxylation sites is 1. The highest BCUT2D eigenvalue weighted by molar-refractivity contribution is 6.00. The molecule has 6 nitrogen and oxygen atoms in total. The van der Waals surface area contributed by atoms with Crippen LogP contribution in [-0.2, 0) is 0 Å². The molecule has 2 aromatic carbocycles. The molecule has 1 saturated heterocycles. The zero-order valence-electron chi connectivity index (χ0n) is 13.3. The van der Waals surface area contributed by atoms with Crippen molar-refractivity contribution in [3.63, 3.8) is 0 Å². The third kappa shape index (κ3) is 4.11. The van der Waals surface area contributed by atoms with E-state index in [1.165, 1.54) is 0 Å². The molecule has 6 heteroatoms. The molecule has 0 atom stereocenters. The van der Waals surface area contributed by atoms with Crippen molar-refractivity contribution in [2.45, 2.75) is 0 Å². The monoisotopic (exact) mass is 324 g/mol. The van der Waals surface area contributed by atoms with Crippen LogP contribution in [0.2, 0.25) is 0 Å². The standard InChI is InChI=1S/C18H20N4O2/c23-17(22-12-10-19-11-13-22)14-6-8-16(9-7-14)21-18(24)20-15-4-2-1-3-5-15/h1-9,19H,10-13H2,(H2,20,21,24). The summed E-state index contributed by atoms with van der Waals surface area (Å²) in [6.45, 7) is 3.09. The molecular formula is C18H20N4O2.